The Balaban J connectivity index is 0.000000109. The Labute approximate surface area is 819 Å². The van der Waals surface area contributed by atoms with Gasteiger partial charge in [0, 0.05) is 97.6 Å². The molecule has 670 valence electrons. The molecule has 3 atom stereocenters. The van der Waals surface area contributed by atoms with E-state index in [1.807, 2.05) is 291 Å². The summed E-state index contributed by atoms with van der Waals surface area (Å²) in [6.07, 6.45) is 0. The molecular formula is C126H83N10O3P3. The van der Waals surface area contributed by atoms with Crippen LogP contribution in [-0.2, 0) is 13.7 Å². The summed E-state index contributed by atoms with van der Waals surface area (Å²) in [5.74, 6) is 4.16. The van der Waals surface area contributed by atoms with Gasteiger partial charge in [-0.15, -0.1) is 0 Å². The number of nitrogens with zero attached hydrogens (tertiary/aromatic N) is 10. The van der Waals surface area contributed by atoms with Gasteiger partial charge < -0.3 is 18.3 Å². The standard InChI is InChI=1S/C43H28N3OP.C43H29N2OP.C40H26N5OP/c47-48(33-14-5-2-6-15-33)40-21-11-18-36-42(40)46(43(44-36)30-12-3-1-4-13-30)39-27-24-31(28-41(39)48)29-22-25-32(26-23-29)45-37-19-9-7-16-34(37)35-17-8-10-20-38(35)45;46-47(37-20-11-4-12-21-37)40-23-13-22-38-42(40)45(43(44-38)32-18-9-3-10-19-32)39-25-24-33(29-41(39)47)36-27-34(30-14-5-1-6-15-30)26-35(28-36)31-16-7-2-8-17-31;46-47(31-20-11-4-12-21-31)34-23-13-22-32-36(34)45(40(41-32)29-18-9-3-10-19-29)33-25-24-30(26-35(33)47)39-43-37(27-14-5-1-6-15-27)42-38(44-39)28-16-7-2-8-17-28/h1-28H;1-29H;1-26H. The zero-order valence-electron chi connectivity index (χ0n) is 76.5. The number of para-hydroxylation sites is 5. The summed E-state index contributed by atoms with van der Waals surface area (Å²) in [6, 6.07) is 171. The van der Waals surface area contributed by atoms with E-state index in [0.717, 1.165) is 199 Å². The fraction of sp³-hybridized carbons (Fsp3) is 0. The van der Waals surface area contributed by atoms with Gasteiger partial charge in [0.2, 0.25) is 0 Å². The molecule has 0 saturated heterocycles. The molecule has 3 aliphatic heterocycles. The first-order valence-electron chi connectivity index (χ1n) is 47.4. The SMILES string of the molecule is O=P1(c2ccccc2)c2cc(-c3cc(-c4ccccc4)cc(-c4ccccc4)c3)ccc2-n2c(-c3ccccc3)nc3cccc1c32.O=P1(c2ccccc2)c2cc(-c3ccc(-n4c5ccccc5c5ccccc54)cc3)ccc2-n2c(-c3ccccc3)nc3cccc1c32.O=P1(c2ccccc2)c2cc(-c3nc(-c4ccccc4)nc(-c4ccccc4)n3)ccc2-n2c(-c3ccccc3)nc3cccc1c32. The molecule has 0 amide bonds. The van der Waals surface area contributed by atoms with E-state index in [-0.39, 0.29) is 0 Å². The van der Waals surface area contributed by atoms with Crippen LogP contribution in [0.5, 0.6) is 0 Å². The van der Waals surface area contributed by atoms with Crippen LogP contribution in [0.25, 0.3) is 190 Å². The Hall–Kier alpha value is -17.7. The highest BCUT2D eigenvalue weighted by atomic mass is 31.2. The van der Waals surface area contributed by atoms with Crippen LogP contribution in [0.2, 0.25) is 0 Å². The molecule has 3 unspecified atom stereocenters. The Bertz CT molecular complexity index is 8900. The second-order valence-corrected chi connectivity index (χ2v) is 43.9. The largest absolute Gasteiger partial charge is 0.309 e. The number of imidazole rings is 3. The quantitative estimate of drug-likeness (QED) is 0.0970. The van der Waals surface area contributed by atoms with Crippen LogP contribution in [0.4, 0.5) is 0 Å². The highest BCUT2D eigenvalue weighted by molar-refractivity contribution is 7.87. The topological polar surface area (TPSA) is 148 Å². The average Bonchev–Trinajstić information content (AvgIpc) is 1.35. The minimum Gasteiger partial charge on any atom is -0.309 e. The highest BCUT2D eigenvalue weighted by Crippen LogP contribution is 2.55. The van der Waals surface area contributed by atoms with E-state index in [9.17, 15) is 0 Å². The van der Waals surface area contributed by atoms with E-state index in [1.54, 1.807) is 0 Å². The van der Waals surface area contributed by atoms with Crippen LogP contribution in [0.15, 0.2) is 504 Å². The Morgan fingerprint density at radius 3 is 0.761 bits per heavy atom. The number of aromatic nitrogens is 10. The first-order valence-corrected chi connectivity index (χ1v) is 52.6. The molecule has 25 aromatic rings. The van der Waals surface area contributed by atoms with Gasteiger partial charge in [0.25, 0.3) is 0 Å². The Morgan fingerprint density at radius 2 is 0.423 bits per heavy atom. The molecule has 0 saturated carbocycles. The maximum atomic E-state index is 15.9. The van der Waals surface area contributed by atoms with Crippen molar-refractivity contribution in [2.24, 2.45) is 0 Å². The molecule has 13 nitrogen and oxygen atoms in total. The molecule has 0 bridgehead atoms. The Kier molecular flexibility index (Phi) is 20.8. The van der Waals surface area contributed by atoms with Crippen molar-refractivity contribution >= 4 is 124 Å². The normalized spacial score (nSPS) is 15.1. The molecule has 5 aromatic heterocycles. The minimum atomic E-state index is -3.36. The lowest BCUT2D eigenvalue weighted by molar-refractivity contribution is 0.591. The van der Waals surface area contributed by atoms with E-state index in [2.05, 4.69) is 231 Å². The first kappa shape index (κ1) is 84.8. The molecule has 0 spiro atoms. The van der Waals surface area contributed by atoms with Crippen molar-refractivity contribution in [3.05, 3.63) is 504 Å². The predicted octanol–water partition coefficient (Wildman–Crippen LogP) is 26.9. The van der Waals surface area contributed by atoms with Crippen LogP contribution in [0.3, 0.4) is 0 Å². The molecule has 8 heterocycles. The summed E-state index contributed by atoms with van der Waals surface area (Å²) in [4.78, 5) is 30.1. The first-order chi connectivity index (χ1) is 70.1. The fourth-order valence-corrected chi connectivity index (χ4v) is 30.1. The summed E-state index contributed by atoms with van der Waals surface area (Å²) < 4.78 is 56.5. The second-order valence-electron chi connectivity index (χ2n) is 35.8. The number of rotatable bonds is 14. The summed E-state index contributed by atoms with van der Waals surface area (Å²) in [5, 5.41) is 9.69. The summed E-state index contributed by atoms with van der Waals surface area (Å²) >= 11 is 0. The van der Waals surface area contributed by atoms with Gasteiger partial charge in [-0.3, -0.25) is 13.7 Å². The second kappa shape index (κ2) is 34.8. The zero-order valence-corrected chi connectivity index (χ0v) is 79.1. The number of hydrogen-bond acceptors (Lipinski definition) is 9. The Morgan fingerprint density at radius 1 is 0.169 bits per heavy atom. The molecule has 0 aliphatic carbocycles. The van der Waals surface area contributed by atoms with Crippen molar-refractivity contribution < 1.29 is 13.7 Å². The van der Waals surface area contributed by atoms with Crippen molar-refractivity contribution in [2.45, 2.75) is 0 Å². The summed E-state index contributed by atoms with van der Waals surface area (Å²) in [7, 11) is -9.91. The average molecular weight is 1880 g/mol. The fourth-order valence-electron chi connectivity index (χ4n) is 21.0. The minimum absolute atomic E-state index is 0.512. The van der Waals surface area contributed by atoms with E-state index < -0.39 is 21.4 Å². The number of benzene rings is 20. The van der Waals surface area contributed by atoms with Crippen LogP contribution >= 0.6 is 21.4 Å². The zero-order chi connectivity index (χ0) is 94.6. The maximum absolute atomic E-state index is 15.9. The lowest BCUT2D eigenvalue weighted by Crippen LogP contribution is -2.33. The lowest BCUT2D eigenvalue weighted by atomic mass is 9.93. The van der Waals surface area contributed by atoms with Crippen LogP contribution < -0.4 is 47.7 Å². The third kappa shape index (κ3) is 14.1. The van der Waals surface area contributed by atoms with Gasteiger partial charge in [-0.05, 0) is 166 Å². The van der Waals surface area contributed by atoms with Gasteiger partial charge in [-0.25, -0.2) is 29.9 Å². The van der Waals surface area contributed by atoms with Crippen LogP contribution in [0.1, 0.15) is 0 Å². The van der Waals surface area contributed by atoms with E-state index in [0.29, 0.717) is 17.5 Å². The van der Waals surface area contributed by atoms with Crippen LogP contribution in [-0.4, -0.2) is 48.2 Å². The van der Waals surface area contributed by atoms with Crippen molar-refractivity contribution in [1.29, 1.82) is 0 Å². The van der Waals surface area contributed by atoms with Gasteiger partial charge in [0.1, 0.15) is 17.5 Å². The van der Waals surface area contributed by atoms with Gasteiger partial charge in [-0.2, -0.15) is 0 Å². The molecule has 28 rings (SSSR count). The highest BCUT2D eigenvalue weighted by Gasteiger charge is 2.45. The molecule has 0 fully saturated rings. The lowest BCUT2D eigenvalue weighted by Gasteiger charge is -2.29. The molecule has 20 aromatic carbocycles. The summed E-state index contributed by atoms with van der Waals surface area (Å²) in [5.41, 5.74) is 25.7. The monoisotopic (exact) mass is 1880 g/mol. The number of hydrogen-bond donors (Lipinski definition) is 0. The van der Waals surface area contributed by atoms with Gasteiger partial charge in [0.05, 0.1) is 61.2 Å². The van der Waals surface area contributed by atoms with Gasteiger partial charge >= 0.3 is 0 Å². The molecule has 142 heavy (non-hydrogen) atoms. The van der Waals surface area contributed by atoms with E-state index in [4.69, 9.17) is 29.9 Å². The van der Waals surface area contributed by atoms with Crippen molar-refractivity contribution in [2.75, 3.05) is 0 Å². The van der Waals surface area contributed by atoms with Crippen molar-refractivity contribution in [1.82, 2.24) is 48.2 Å². The van der Waals surface area contributed by atoms with Gasteiger partial charge in [-0.1, -0.05) is 382 Å². The van der Waals surface area contributed by atoms with Crippen molar-refractivity contribution in [3.63, 3.8) is 0 Å². The molecule has 0 N–H and O–H groups in total. The smallest absolute Gasteiger partial charge is 0.175 e. The molecule has 3 aliphatic rings. The van der Waals surface area contributed by atoms with Crippen molar-refractivity contribution in [3.8, 4) is 136 Å². The van der Waals surface area contributed by atoms with Crippen LogP contribution in [0, 0.1) is 0 Å². The third-order valence-corrected chi connectivity index (χ3v) is 36.9. The van der Waals surface area contributed by atoms with E-state index >= 15 is 13.7 Å². The van der Waals surface area contributed by atoms with Gasteiger partial charge in [0.15, 0.2) is 38.9 Å². The molecule has 16 heteroatoms. The predicted molar refractivity (Wildman–Crippen MR) is 584 cm³/mol. The molecule has 0 radical (unpaired) electrons. The molecular weight excluding hydrogens is 1790 g/mol. The number of fused-ring (bicyclic) bond motifs is 9. The third-order valence-electron chi connectivity index (χ3n) is 27.6. The summed E-state index contributed by atoms with van der Waals surface area (Å²) in [6.45, 7) is 0. The van der Waals surface area contributed by atoms with E-state index in [1.165, 1.54) is 21.8 Å². The maximum Gasteiger partial charge on any atom is 0.175 e.